The van der Waals surface area contributed by atoms with Crippen LogP contribution in [0.5, 0.6) is 0 Å². The topological polar surface area (TPSA) is 41.1 Å². The van der Waals surface area contributed by atoms with Crippen molar-refractivity contribution in [3.63, 3.8) is 0 Å². The van der Waals surface area contributed by atoms with E-state index in [4.69, 9.17) is 0 Å². The molecule has 0 radical (unpaired) electrons. The smallest absolute Gasteiger partial charge is 0.193 e. The summed E-state index contributed by atoms with van der Waals surface area (Å²) in [4.78, 5) is 12.1. The van der Waals surface area contributed by atoms with Gasteiger partial charge in [-0.3, -0.25) is 4.79 Å². The zero-order chi connectivity index (χ0) is 14.5. The predicted molar refractivity (Wildman–Crippen MR) is 84.9 cm³/mol. The Balaban J connectivity index is 0.000000186. The van der Waals surface area contributed by atoms with Crippen LogP contribution in [-0.4, -0.2) is 32.0 Å². The molecule has 0 atom stereocenters. The van der Waals surface area contributed by atoms with Gasteiger partial charge in [0.2, 0.25) is 0 Å². The lowest BCUT2D eigenvalue weighted by Gasteiger charge is -2.17. The molecule has 4 rings (SSSR count). The molecule has 2 N–H and O–H groups in total. The van der Waals surface area contributed by atoms with Gasteiger partial charge in [-0.05, 0) is 17.5 Å². The van der Waals surface area contributed by atoms with Gasteiger partial charge in [-0.1, -0.05) is 48.5 Å². The third kappa shape index (κ3) is 3.20. The molecule has 1 saturated heterocycles. The molecular formula is C18H20N2O. The van der Waals surface area contributed by atoms with Crippen molar-refractivity contribution in [2.45, 2.75) is 6.42 Å². The molecule has 0 unspecified atom stereocenters. The van der Waals surface area contributed by atoms with Crippen molar-refractivity contribution < 1.29 is 4.79 Å². The van der Waals surface area contributed by atoms with Crippen LogP contribution < -0.4 is 10.6 Å². The van der Waals surface area contributed by atoms with Crippen molar-refractivity contribution in [3.8, 4) is 0 Å². The summed E-state index contributed by atoms with van der Waals surface area (Å²) < 4.78 is 0. The lowest BCUT2D eigenvalue weighted by molar-refractivity contribution is 0.103. The number of hydrogen-bond acceptors (Lipinski definition) is 3. The number of piperazine rings is 1. The molecule has 0 bridgehead atoms. The van der Waals surface area contributed by atoms with E-state index < -0.39 is 0 Å². The standard InChI is InChI=1S/C14H10O.C4H10N2/c15-14-12-7-3-1-5-10(12)9-11-6-2-4-8-13(11)14;1-2-6-4-3-5-1/h1-8H,9H2;5-6H,1-4H2. The lowest BCUT2D eigenvalue weighted by atomic mass is 9.85. The minimum Gasteiger partial charge on any atom is -0.314 e. The highest BCUT2D eigenvalue weighted by Crippen LogP contribution is 2.26. The summed E-state index contributed by atoms with van der Waals surface area (Å²) in [5.74, 6) is 0.160. The Kier molecular flexibility index (Phi) is 4.43. The molecule has 1 aliphatic heterocycles. The molecule has 0 saturated carbocycles. The van der Waals surface area contributed by atoms with Crippen LogP contribution in [0.2, 0.25) is 0 Å². The van der Waals surface area contributed by atoms with Gasteiger partial charge in [0.05, 0.1) is 0 Å². The third-order valence-corrected chi connectivity index (χ3v) is 3.86. The Morgan fingerprint density at radius 2 is 1.10 bits per heavy atom. The quantitative estimate of drug-likeness (QED) is 0.662. The van der Waals surface area contributed by atoms with Gasteiger partial charge in [-0.25, -0.2) is 0 Å². The van der Waals surface area contributed by atoms with Gasteiger partial charge in [0.25, 0.3) is 0 Å². The number of carbonyl (C=O) groups excluding carboxylic acids is 1. The second kappa shape index (κ2) is 6.66. The molecule has 21 heavy (non-hydrogen) atoms. The van der Waals surface area contributed by atoms with E-state index in [0.717, 1.165) is 54.9 Å². The number of hydrogen-bond donors (Lipinski definition) is 2. The van der Waals surface area contributed by atoms with Crippen molar-refractivity contribution in [1.82, 2.24) is 10.6 Å². The van der Waals surface area contributed by atoms with E-state index in [1.54, 1.807) is 0 Å². The first-order chi connectivity index (χ1) is 10.4. The summed E-state index contributed by atoms with van der Waals surface area (Å²) in [6, 6.07) is 15.7. The number of rotatable bonds is 0. The van der Waals surface area contributed by atoms with E-state index in [-0.39, 0.29) is 5.78 Å². The van der Waals surface area contributed by atoms with Gasteiger partial charge >= 0.3 is 0 Å². The van der Waals surface area contributed by atoms with E-state index in [0.29, 0.717) is 0 Å². The molecule has 1 heterocycles. The maximum Gasteiger partial charge on any atom is 0.193 e. The van der Waals surface area contributed by atoms with Crippen LogP contribution in [0.25, 0.3) is 0 Å². The summed E-state index contributed by atoms with van der Waals surface area (Å²) >= 11 is 0. The van der Waals surface area contributed by atoms with Crippen LogP contribution in [-0.2, 0) is 6.42 Å². The van der Waals surface area contributed by atoms with Gasteiger partial charge in [0.15, 0.2) is 5.78 Å². The average molecular weight is 280 g/mol. The summed E-state index contributed by atoms with van der Waals surface area (Å²) in [5, 5.41) is 6.44. The first-order valence-corrected chi connectivity index (χ1v) is 7.48. The Labute approximate surface area is 125 Å². The molecule has 3 nitrogen and oxygen atoms in total. The Morgan fingerprint density at radius 1 is 0.667 bits per heavy atom. The van der Waals surface area contributed by atoms with Gasteiger partial charge in [0, 0.05) is 37.3 Å². The van der Waals surface area contributed by atoms with E-state index in [1.807, 2.05) is 48.5 Å². The van der Waals surface area contributed by atoms with E-state index in [1.165, 1.54) is 0 Å². The Morgan fingerprint density at radius 3 is 1.52 bits per heavy atom. The minimum atomic E-state index is 0.160. The normalized spacial score (nSPS) is 16.3. The van der Waals surface area contributed by atoms with Crippen LogP contribution in [0.1, 0.15) is 27.0 Å². The van der Waals surface area contributed by atoms with Crippen LogP contribution in [0.3, 0.4) is 0 Å². The highest BCUT2D eigenvalue weighted by atomic mass is 16.1. The van der Waals surface area contributed by atoms with Gasteiger partial charge in [-0.15, -0.1) is 0 Å². The van der Waals surface area contributed by atoms with Crippen molar-refractivity contribution in [2.75, 3.05) is 26.2 Å². The van der Waals surface area contributed by atoms with Crippen molar-refractivity contribution >= 4 is 5.78 Å². The molecule has 108 valence electrons. The van der Waals surface area contributed by atoms with Crippen LogP contribution in [0.15, 0.2) is 48.5 Å². The fraction of sp³-hybridized carbons (Fsp3) is 0.278. The first-order valence-electron chi connectivity index (χ1n) is 7.48. The van der Waals surface area contributed by atoms with E-state index in [9.17, 15) is 4.79 Å². The maximum atomic E-state index is 12.1. The number of nitrogens with one attached hydrogen (secondary N) is 2. The number of ketones is 1. The number of fused-ring (bicyclic) bond motifs is 2. The minimum absolute atomic E-state index is 0.160. The molecule has 1 aliphatic carbocycles. The van der Waals surface area contributed by atoms with E-state index in [2.05, 4.69) is 10.6 Å². The van der Waals surface area contributed by atoms with Crippen LogP contribution >= 0.6 is 0 Å². The Hall–Kier alpha value is -1.97. The van der Waals surface area contributed by atoms with Crippen molar-refractivity contribution in [3.05, 3.63) is 70.8 Å². The highest BCUT2D eigenvalue weighted by molar-refractivity contribution is 6.12. The highest BCUT2D eigenvalue weighted by Gasteiger charge is 2.21. The van der Waals surface area contributed by atoms with Crippen molar-refractivity contribution in [1.29, 1.82) is 0 Å². The zero-order valence-corrected chi connectivity index (χ0v) is 12.1. The van der Waals surface area contributed by atoms with Crippen molar-refractivity contribution in [2.24, 2.45) is 0 Å². The van der Waals surface area contributed by atoms with Crippen LogP contribution in [0, 0.1) is 0 Å². The average Bonchev–Trinajstić information content (AvgIpc) is 2.57. The molecule has 1 fully saturated rings. The lowest BCUT2D eigenvalue weighted by Crippen LogP contribution is -2.39. The predicted octanol–water partition coefficient (Wildman–Crippen LogP) is 2.00. The third-order valence-electron chi connectivity index (χ3n) is 3.86. The summed E-state index contributed by atoms with van der Waals surface area (Å²) in [6.45, 7) is 4.56. The van der Waals surface area contributed by atoms with Gasteiger partial charge in [0.1, 0.15) is 0 Å². The number of benzene rings is 2. The zero-order valence-electron chi connectivity index (χ0n) is 12.1. The largest absolute Gasteiger partial charge is 0.314 e. The molecule has 3 heteroatoms. The summed E-state index contributed by atoms with van der Waals surface area (Å²) in [7, 11) is 0. The second-order valence-corrected chi connectivity index (χ2v) is 5.32. The SMILES string of the molecule is C1CNCCN1.O=C1c2ccccc2Cc2ccccc21. The molecule has 0 spiro atoms. The van der Waals surface area contributed by atoms with Gasteiger partial charge < -0.3 is 10.6 Å². The van der Waals surface area contributed by atoms with E-state index >= 15 is 0 Å². The summed E-state index contributed by atoms with van der Waals surface area (Å²) in [5.41, 5.74) is 4.00. The molecule has 0 aromatic heterocycles. The first kappa shape index (κ1) is 14.0. The maximum absolute atomic E-state index is 12.1. The molecule has 2 aromatic carbocycles. The number of carbonyl (C=O) groups is 1. The van der Waals surface area contributed by atoms with Crippen LogP contribution in [0.4, 0.5) is 0 Å². The monoisotopic (exact) mass is 280 g/mol. The molecular weight excluding hydrogens is 260 g/mol. The second-order valence-electron chi connectivity index (χ2n) is 5.32. The Bertz CT molecular complexity index is 574. The molecule has 2 aromatic rings. The fourth-order valence-electron chi connectivity index (χ4n) is 2.75. The molecule has 2 aliphatic rings. The molecule has 0 amide bonds. The fourth-order valence-corrected chi connectivity index (χ4v) is 2.75. The summed E-state index contributed by atoms with van der Waals surface area (Å²) in [6.07, 6.45) is 0.873. The van der Waals surface area contributed by atoms with Gasteiger partial charge in [-0.2, -0.15) is 0 Å².